The predicted octanol–water partition coefficient (Wildman–Crippen LogP) is 2.71. The summed E-state index contributed by atoms with van der Waals surface area (Å²) in [4.78, 5) is 16.0. The Kier molecular flexibility index (Phi) is 3.63. The molecule has 0 radical (unpaired) electrons. The van der Waals surface area contributed by atoms with Gasteiger partial charge in [0.05, 0.1) is 6.04 Å². The summed E-state index contributed by atoms with van der Waals surface area (Å²) < 4.78 is 0. The van der Waals surface area contributed by atoms with Gasteiger partial charge in [-0.15, -0.1) is 11.3 Å². The number of amides is 1. The van der Waals surface area contributed by atoms with Gasteiger partial charge in [0, 0.05) is 23.9 Å². The largest absolute Gasteiger partial charge is 0.335 e. The Bertz CT molecular complexity index is 466. The maximum absolute atomic E-state index is 12.5. The third-order valence-corrected chi connectivity index (χ3v) is 5.44. The third-order valence-electron chi connectivity index (χ3n) is 4.44. The summed E-state index contributed by atoms with van der Waals surface area (Å²) in [6.45, 7) is 3.03. The lowest BCUT2D eigenvalue weighted by Crippen LogP contribution is -2.42. The van der Waals surface area contributed by atoms with Crippen LogP contribution in [0.3, 0.4) is 0 Å². The van der Waals surface area contributed by atoms with Gasteiger partial charge in [0.25, 0.3) is 0 Å². The second kappa shape index (κ2) is 5.25. The molecule has 0 bridgehead atoms. The Morgan fingerprint density at radius 1 is 1.58 bits per heavy atom. The van der Waals surface area contributed by atoms with Gasteiger partial charge in [-0.2, -0.15) is 0 Å². The minimum Gasteiger partial charge on any atom is -0.335 e. The molecule has 1 saturated carbocycles. The molecule has 0 spiro atoms. The van der Waals surface area contributed by atoms with Crippen LogP contribution < -0.4 is 5.73 Å². The average Bonchev–Trinajstić information content (AvgIpc) is 3.15. The highest BCUT2D eigenvalue weighted by atomic mass is 32.1. The number of hydrogen-bond donors (Lipinski definition) is 1. The van der Waals surface area contributed by atoms with E-state index in [0.717, 1.165) is 19.4 Å². The van der Waals surface area contributed by atoms with E-state index in [-0.39, 0.29) is 18.0 Å². The number of fused-ring (bicyclic) bond motifs is 1. The molecule has 1 aromatic rings. The topological polar surface area (TPSA) is 46.3 Å². The molecule has 104 valence electrons. The highest BCUT2D eigenvalue weighted by Gasteiger charge is 2.34. The SMILES string of the molecule is CCC1c2ccsc2CCN1C(=O)CC(N)C1CC1. The molecule has 0 aromatic carbocycles. The zero-order valence-electron chi connectivity index (χ0n) is 11.5. The quantitative estimate of drug-likeness (QED) is 0.920. The first-order valence-corrected chi connectivity index (χ1v) is 8.20. The van der Waals surface area contributed by atoms with Crippen molar-refractivity contribution in [3.8, 4) is 0 Å². The number of carbonyl (C=O) groups is 1. The van der Waals surface area contributed by atoms with Crippen molar-refractivity contribution in [3.05, 3.63) is 21.9 Å². The molecule has 2 unspecified atom stereocenters. The Morgan fingerprint density at radius 3 is 3.05 bits per heavy atom. The van der Waals surface area contributed by atoms with Gasteiger partial charge in [0.15, 0.2) is 0 Å². The summed E-state index contributed by atoms with van der Waals surface area (Å²) in [5.41, 5.74) is 7.47. The van der Waals surface area contributed by atoms with E-state index in [1.807, 2.05) is 11.3 Å². The Labute approximate surface area is 118 Å². The van der Waals surface area contributed by atoms with Gasteiger partial charge in [-0.25, -0.2) is 0 Å². The first-order valence-electron chi connectivity index (χ1n) is 7.32. The van der Waals surface area contributed by atoms with Crippen LogP contribution in [0.25, 0.3) is 0 Å². The molecular formula is C15H22N2OS. The molecule has 2 atom stereocenters. The van der Waals surface area contributed by atoms with Crippen molar-refractivity contribution in [2.24, 2.45) is 11.7 Å². The summed E-state index contributed by atoms with van der Waals surface area (Å²) in [6.07, 6.45) is 4.95. The number of hydrogen-bond acceptors (Lipinski definition) is 3. The zero-order valence-corrected chi connectivity index (χ0v) is 12.3. The summed E-state index contributed by atoms with van der Waals surface area (Å²) in [6, 6.07) is 2.54. The van der Waals surface area contributed by atoms with E-state index < -0.39 is 0 Å². The van der Waals surface area contributed by atoms with Crippen molar-refractivity contribution < 1.29 is 4.79 Å². The van der Waals surface area contributed by atoms with Crippen LogP contribution in [0, 0.1) is 5.92 Å². The van der Waals surface area contributed by atoms with Crippen molar-refractivity contribution in [2.75, 3.05) is 6.54 Å². The third kappa shape index (κ3) is 2.56. The minimum atomic E-state index is 0.0777. The van der Waals surface area contributed by atoms with Crippen LogP contribution in [0.2, 0.25) is 0 Å². The number of nitrogens with zero attached hydrogens (tertiary/aromatic N) is 1. The van der Waals surface area contributed by atoms with Crippen molar-refractivity contribution >= 4 is 17.2 Å². The van der Waals surface area contributed by atoms with Crippen molar-refractivity contribution in [3.63, 3.8) is 0 Å². The van der Waals surface area contributed by atoms with Gasteiger partial charge in [-0.1, -0.05) is 6.92 Å². The molecule has 1 aliphatic heterocycles. The molecule has 3 rings (SSSR count). The molecular weight excluding hydrogens is 256 g/mol. The van der Waals surface area contributed by atoms with E-state index in [1.165, 1.54) is 23.3 Å². The van der Waals surface area contributed by atoms with Gasteiger partial charge in [-0.05, 0) is 48.6 Å². The summed E-state index contributed by atoms with van der Waals surface area (Å²) in [5, 5.41) is 2.15. The molecule has 1 aliphatic carbocycles. The molecule has 2 heterocycles. The monoisotopic (exact) mass is 278 g/mol. The van der Waals surface area contributed by atoms with Gasteiger partial charge >= 0.3 is 0 Å². The van der Waals surface area contributed by atoms with E-state index >= 15 is 0 Å². The van der Waals surface area contributed by atoms with Gasteiger partial charge in [0.2, 0.25) is 5.91 Å². The standard InChI is InChI=1S/C15H22N2OS/c1-2-13-11-6-8-19-14(11)5-7-17(13)15(18)9-12(16)10-3-4-10/h6,8,10,12-13H,2-5,7,9,16H2,1H3. The lowest BCUT2D eigenvalue weighted by Gasteiger charge is -2.36. The second-order valence-electron chi connectivity index (χ2n) is 5.77. The predicted molar refractivity (Wildman–Crippen MR) is 78.1 cm³/mol. The van der Waals surface area contributed by atoms with Gasteiger partial charge < -0.3 is 10.6 Å². The summed E-state index contributed by atoms with van der Waals surface area (Å²) >= 11 is 1.82. The molecule has 1 aromatic heterocycles. The smallest absolute Gasteiger partial charge is 0.224 e. The van der Waals surface area contributed by atoms with Crippen LogP contribution in [0.15, 0.2) is 11.4 Å². The fourth-order valence-corrected chi connectivity index (χ4v) is 4.07. The Morgan fingerprint density at radius 2 is 2.37 bits per heavy atom. The van der Waals surface area contributed by atoms with E-state index in [2.05, 4.69) is 23.3 Å². The Balaban J connectivity index is 1.71. The molecule has 4 heteroatoms. The maximum atomic E-state index is 12.5. The molecule has 2 N–H and O–H groups in total. The van der Waals surface area contributed by atoms with Crippen molar-refractivity contribution in [1.82, 2.24) is 4.90 Å². The van der Waals surface area contributed by atoms with E-state index in [4.69, 9.17) is 5.73 Å². The van der Waals surface area contributed by atoms with E-state index in [1.54, 1.807) is 0 Å². The fourth-order valence-electron chi connectivity index (χ4n) is 3.15. The van der Waals surface area contributed by atoms with Crippen LogP contribution >= 0.6 is 11.3 Å². The number of rotatable bonds is 4. The maximum Gasteiger partial charge on any atom is 0.224 e. The van der Waals surface area contributed by atoms with E-state index in [9.17, 15) is 4.79 Å². The first kappa shape index (κ1) is 13.1. The van der Waals surface area contributed by atoms with Gasteiger partial charge in [0.1, 0.15) is 0 Å². The number of carbonyl (C=O) groups excluding carboxylic acids is 1. The normalized spacial score (nSPS) is 24.1. The highest BCUT2D eigenvalue weighted by Crippen LogP contribution is 2.37. The lowest BCUT2D eigenvalue weighted by molar-refractivity contribution is -0.134. The van der Waals surface area contributed by atoms with Crippen LogP contribution in [-0.2, 0) is 11.2 Å². The van der Waals surface area contributed by atoms with Crippen LogP contribution in [-0.4, -0.2) is 23.4 Å². The molecule has 0 saturated heterocycles. The first-order chi connectivity index (χ1) is 9.20. The van der Waals surface area contributed by atoms with Crippen molar-refractivity contribution in [1.29, 1.82) is 0 Å². The van der Waals surface area contributed by atoms with Crippen molar-refractivity contribution in [2.45, 2.75) is 51.1 Å². The second-order valence-corrected chi connectivity index (χ2v) is 6.77. The molecule has 1 fully saturated rings. The van der Waals surface area contributed by atoms with Crippen LogP contribution in [0.1, 0.15) is 49.1 Å². The van der Waals surface area contributed by atoms with Crippen LogP contribution in [0.4, 0.5) is 0 Å². The van der Waals surface area contributed by atoms with Crippen LogP contribution in [0.5, 0.6) is 0 Å². The van der Waals surface area contributed by atoms with Gasteiger partial charge in [-0.3, -0.25) is 4.79 Å². The molecule has 19 heavy (non-hydrogen) atoms. The number of thiophene rings is 1. The van der Waals surface area contributed by atoms with E-state index in [0.29, 0.717) is 12.3 Å². The summed E-state index contributed by atoms with van der Waals surface area (Å²) in [7, 11) is 0. The Hall–Kier alpha value is -0.870. The highest BCUT2D eigenvalue weighted by molar-refractivity contribution is 7.10. The summed E-state index contributed by atoms with van der Waals surface area (Å²) in [5.74, 6) is 0.855. The minimum absolute atomic E-state index is 0.0777. The molecule has 1 amide bonds. The number of nitrogens with two attached hydrogens (primary N) is 1. The fraction of sp³-hybridized carbons (Fsp3) is 0.667. The lowest BCUT2D eigenvalue weighted by atomic mass is 9.96. The molecule has 3 nitrogen and oxygen atoms in total. The average molecular weight is 278 g/mol. The molecule has 2 aliphatic rings. The zero-order chi connectivity index (χ0) is 13.4.